The Labute approximate surface area is 184 Å². The van der Waals surface area contributed by atoms with Gasteiger partial charge in [0.15, 0.2) is 0 Å². The predicted octanol–water partition coefficient (Wildman–Crippen LogP) is 4.37. The smallest absolute Gasteiger partial charge is 0.341 e. The van der Waals surface area contributed by atoms with Gasteiger partial charge < -0.3 is 15.2 Å². The molecule has 5 rings (SSSR count). The molecule has 0 aliphatic heterocycles. The fraction of sp³-hybridized carbons (Fsp3) is 0.375. The number of anilines is 1. The number of rotatable bonds is 7. The number of thiophene rings is 1. The van der Waals surface area contributed by atoms with Gasteiger partial charge in [-0.15, -0.1) is 11.3 Å². The minimum Gasteiger partial charge on any atom is -0.481 e. The third kappa shape index (κ3) is 4.42. The summed E-state index contributed by atoms with van der Waals surface area (Å²) in [4.78, 5) is 38.6. The molecule has 4 atom stereocenters. The molecule has 6 nitrogen and oxygen atoms in total. The highest BCUT2D eigenvalue weighted by atomic mass is 32.1. The van der Waals surface area contributed by atoms with Crippen LogP contribution in [0.4, 0.5) is 5.00 Å². The van der Waals surface area contributed by atoms with Gasteiger partial charge in [-0.25, -0.2) is 4.79 Å². The van der Waals surface area contributed by atoms with Crippen LogP contribution in [0.2, 0.25) is 0 Å². The monoisotopic (exact) mass is 439 g/mol. The summed E-state index contributed by atoms with van der Waals surface area (Å²) in [5, 5.41) is 13.0. The second-order valence-corrected chi connectivity index (χ2v) is 9.14. The second kappa shape index (κ2) is 9.06. The third-order valence-corrected chi connectivity index (χ3v) is 7.12. The maximum atomic E-state index is 13.2. The van der Waals surface area contributed by atoms with E-state index in [1.54, 1.807) is 13.0 Å². The lowest BCUT2D eigenvalue weighted by Crippen LogP contribution is -2.47. The number of amides is 1. The Morgan fingerprint density at radius 2 is 1.77 bits per heavy atom. The van der Waals surface area contributed by atoms with Gasteiger partial charge in [0.2, 0.25) is 5.91 Å². The van der Waals surface area contributed by atoms with Crippen molar-refractivity contribution in [3.8, 4) is 0 Å². The SMILES string of the molecule is CCOC(=O)c1cc(Cc2ccccc2)sc1NC(=O)[C@H]1[C@@H](C(=O)O)[C@H]2C=C[C@H]1CC2. The zero-order valence-corrected chi connectivity index (χ0v) is 18.1. The van der Waals surface area contributed by atoms with E-state index in [9.17, 15) is 19.5 Å². The number of allylic oxidation sites excluding steroid dienone is 2. The summed E-state index contributed by atoms with van der Waals surface area (Å²) in [6.07, 6.45) is 6.12. The van der Waals surface area contributed by atoms with Crippen LogP contribution in [0.5, 0.6) is 0 Å². The maximum absolute atomic E-state index is 13.2. The summed E-state index contributed by atoms with van der Waals surface area (Å²) in [7, 11) is 0. The Morgan fingerprint density at radius 1 is 1.10 bits per heavy atom. The summed E-state index contributed by atoms with van der Waals surface area (Å²) < 4.78 is 5.18. The fourth-order valence-corrected chi connectivity index (χ4v) is 5.74. The summed E-state index contributed by atoms with van der Waals surface area (Å²) in [6, 6.07) is 11.6. The van der Waals surface area contributed by atoms with E-state index in [-0.39, 0.29) is 24.3 Å². The molecule has 0 saturated heterocycles. The van der Waals surface area contributed by atoms with Crippen LogP contribution in [0, 0.1) is 23.7 Å². The van der Waals surface area contributed by atoms with E-state index in [4.69, 9.17) is 4.74 Å². The number of fused-ring (bicyclic) bond motifs is 2. The van der Waals surface area contributed by atoms with Gasteiger partial charge in [0.1, 0.15) is 5.00 Å². The van der Waals surface area contributed by atoms with Gasteiger partial charge in [-0.1, -0.05) is 42.5 Å². The molecule has 0 unspecified atom stereocenters. The quantitative estimate of drug-likeness (QED) is 0.494. The molecule has 31 heavy (non-hydrogen) atoms. The molecule has 0 spiro atoms. The second-order valence-electron chi connectivity index (χ2n) is 8.01. The molecule has 2 aromatic rings. The molecule has 1 aromatic heterocycles. The number of carboxylic acids is 1. The first-order chi connectivity index (χ1) is 15.0. The molecule has 0 radical (unpaired) electrons. The Morgan fingerprint density at radius 3 is 2.39 bits per heavy atom. The molecule has 7 heteroatoms. The Hall–Kier alpha value is -2.93. The van der Waals surface area contributed by atoms with Gasteiger partial charge in [0.25, 0.3) is 0 Å². The number of hydrogen-bond donors (Lipinski definition) is 2. The van der Waals surface area contributed by atoms with Crippen LogP contribution in [-0.2, 0) is 20.7 Å². The summed E-state index contributed by atoms with van der Waals surface area (Å²) >= 11 is 1.33. The van der Waals surface area contributed by atoms with Crippen molar-refractivity contribution in [1.82, 2.24) is 0 Å². The van der Waals surface area contributed by atoms with Gasteiger partial charge in [-0.05, 0) is 43.2 Å². The van der Waals surface area contributed by atoms with Crippen LogP contribution < -0.4 is 5.32 Å². The van der Waals surface area contributed by atoms with Gasteiger partial charge >= 0.3 is 11.9 Å². The van der Waals surface area contributed by atoms with E-state index in [0.717, 1.165) is 23.3 Å². The molecular weight excluding hydrogens is 414 g/mol. The maximum Gasteiger partial charge on any atom is 0.341 e. The molecule has 1 heterocycles. The van der Waals surface area contributed by atoms with Crippen LogP contribution in [-0.4, -0.2) is 29.6 Å². The number of nitrogens with one attached hydrogen (secondary N) is 1. The molecule has 2 N–H and O–H groups in total. The molecule has 162 valence electrons. The largest absolute Gasteiger partial charge is 0.481 e. The highest BCUT2D eigenvalue weighted by Gasteiger charge is 2.48. The van der Waals surface area contributed by atoms with Gasteiger partial charge in [-0.2, -0.15) is 0 Å². The van der Waals surface area contributed by atoms with Crippen LogP contribution in [0.3, 0.4) is 0 Å². The van der Waals surface area contributed by atoms with Crippen LogP contribution in [0.25, 0.3) is 0 Å². The van der Waals surface area contributed by atoms with Crippen molar-refractivity contribution in [3.63, 3.8) is 0 Å². The van der Waals surface area contributed by atoms with E-state index in [1.807, 2.05) is 42.5 Å². The van der Waals surface area contributed by atoms with Crippen molar-refractivity contribution in [1.29, 1.82) is 0 Å². The summed E-state index contributed by atoms with van der Waals surface area (Å²) in [5.74, 6) is -3.38. The normalized spacial score (nSPS) is 24.0. The molecule has 1 aromatic carbocycles. The summed E-state index contributed by atoms with van der Waals surface area (Å²) in [5.41, 5.74) is 1.41. The average molecular weight is 440 g/mol. The van der Waals surface area contributed by atoms with E-state index in [1.165, 1.54) is 11.3 Å². The number of aliphatic carboxylic acids is 1. The number of esters is 1. The lowest BCUT2D eigenvalue weighted by Gasteiger charge is -2.41. The highest BCUT2D eigenvalue weighted by molar-refractivity contribution is 7.16. The standard InChI is InChI=1S/C24H25NO5S/c1-2-30-24(29)18-13-17(12-14-6-4-3-5-7-14)31-22(18)25-21(26)19-15-8-10-16(11-9-15)20(19)23(27)28/h3-8,10,13,15-16,19-20H,2,9,11-12H2,1H3,(H,25,26)(H,27,28)/t15-,16-,19+,20-/m0/s1. The van der Waals surface area contributed by atoms with Crippen LogP contribution in [0.15, 0.2) is 48.6 Å². The molecule has 1 saturated carbocycles. The van der Waals surface area contributed by atoms with Gasteiger partial charge in [0.05, 0.1) is 24.0 Å². The van der Waals surface area contributed by atoms with E-state index >= 15 is 0 Å². The number of hydrogen-bond acceptors (Lipinski definition) is 5. The number of carbonyl (C=O) groups is 3. The van der Waals surface area contributed by atoms with E-state index in [2.05, 4.69) is 5.32 Å². The number of benzene rings is 1. The van der Waals surface area contributed by atoms with E-state index in [0.29, 0.717) is 17.0 Å². The molecular formula is C24H25NO5S. The van der Waals surface area contributed by atoms with Crippen LogP contribution >= 0.6 is 11.3 Å². The van der Waals surface area contributed by atoms with Gasteiger partial charge in [-0.3, -0.25) is 9.59 Å². The first-order valence-corrected chi connectivity index (χ1v) is 11.3. The molecule has 3 aliphatic carbocycles. The zero-order valence-electron chi connectivity index (χ0n) is 17.2. The number of ether oxygens (including phenoxy) is 1. The first kappa shape index (κ1) is 21.3. The van der Waals surface area contributed by atoms with Crippen molar-refractivity contribution in [2.24, 2.45) is 23.7 Å². The highest BCUT2D eigenvalue weighted by Crippen LogP contribution is 2.45. The van der Waals surface area contributed by atoms with Crippen molar-refractivity contribution in [2.45, 2.75) is 26.2 Å². The molecule has 3 aliphatic rings. The minimum absolute atomic E-state index is 0.0964. The van der Waals surface area contributed by atoms with Crippen molar-refractivity contribution in [2.75, 3.05) is 11.9 Å². The molecule has 1 amide bonds. The predicted molar refractivity (Wildman–Crippen MR) is 118 cm³/mol. The molecule has 1 fully saturated rings. The number of carboxylic acid groups (broad SMARTS) is 1. The topological polar surface area (TPSA) is 92.7 Å². The molecule has 2 bridgehead atoms. The Kier molecular flexibility index (Phi) is 6.23. The lowest BCUT2D eigenvalue weighted by atomic mass is 9.62. The Balaban J connectivity index is 1.60. The Bertz CT molecular complexity index is 1010. The van der Waals surface area contributed by atoms with Crippen molar-refractivity contribution >= 4 is 34.2 Å². The lowest BCUT2D eigenvalue weighted by molar-refractivity contribution is -0.151. The zero-order chi connectivity index (χ0) is 22.0. The van der Waals surface area contributed by atoms with Crippen molar-refractivity contribution in [3.05, 3.63) is 64.6 Å². The third-order valence-electron chi connectivity index (χ3n) is 6.07. The average Bonchev–Trinajstić information content (AvgIpc) is 3.16. The summed E-state index contributed by atoms with van der Waals surface area (Å²) in [6.45, 7) is 1.96. The van der Waals surface area contributed by atoms with Crippen LogP contribution in [0.1, 0.15) is 40.6 Å². The van der Waals surface area contributed by atoms with Crippen molar-refractivity contribution < 1.29 is 24.2 Å². The minimum atomic E-state index is -0.944. The number of carbonyl (C=O) groups excluding carboxylic acids is 2. The first-order valence-electron chi connectivity index (χ1n) is 10.5. The fourth-order valence-electron chi connectivity index (χ4n) is 4.66. The van der Waals surface area contributed by atoms with Gasteiger partial charge in [0, 0.05) is 11.3 Å². The van der Waals surface area contributed by atoms with E-state index < -0.39 is 23.8 Å².